The standard InChI is InChI=1S/C28H30N4O2S/c1-18-11-12-19(2)23(15-18)26-25(27(34)30-21-9-5-4-6-10-21)20(3)29-28-32(26)22(17-35-28)16-24(33)31-13-7-8-14-31/h4-6,9-12,15,17,26H,7-8,13-14,16H2,1-3H3,(H,30,34)/t26-/m0/s1. The largest absolute Gasteiger partial charge is 0.342 e. The predicted molar refractivity (Wildman–Crippen MR) is 142 cm³/mol. The highest BCUT2D eigenvalue weighted by atomic mass is 32.2. The zero-order chi connectivity index (χ0) is 24.5. The van der Waals surface area contributed by atoms with E-state index in [1.54, 1.807) is 0 Å². The molecule has 2 aromatic rings. The average Bonchev–Trinajstić information content (AvgIpc) is 3.51. The lowest BCUT2D eigenvalue weighted by molar-refractivity contribution is -0.129. The molecule has 180 valence electrons. The van der Waals surface area contributed by atoms with Crippen LogP contribution in [0.15, 0.2) is 75.9 Å². The monoisotopic (exact) mass is 486 g/mol. The molecule has 0 saturated carbocycles. The summed E-state index contributed by atoms with van der Waals surface area (Å²) in [6.45, 7) is 7.68. The first-order valence-corrected chi connectivity index (χ1v) is 13.0. The van der Waals surface area contributed by atoms with E-state index in [2.05, 4.69) is 42.3 Å². The van der Waals surface area contributed by atoms with Crippen molar-refractivity contribution in [2.75, 3.05) is 18.4 Å². The minimum absolute atomic E-state index is 0.136. The number of aliphatic imine (C=N–C) groups is 1. The van der Waals surface area contributed by atoms with Gasteiger partial charge >= 0.3 is 0 Å². The molecule has 3 aliphatic heterocycles. The van der Waals surface area contributed by atoms with Crippen molar-refractivity contribution in [1.29, 1.82) is 0 Å². The van der Waals surface area contributed by atoms with Crippen LogP contribution >= 0.6 is 11.8 Å². The number of anilines is 1. The number of thioether (sulfide) groups is 1. The Balaban J connectivity index is 1.55. The van der Waals surface area contributed by atoms with Crippen molar-refractivity contribution in [2.45, 2.75) is 46.1 Å². The number of hydrogen-bond donors (Lipinski definition) is 1. The molecule has 3 heterocycles. The molecule has 2 amide bonds. The van der Waals surface area contributed by atoms with Crippen molar-refractivity contribution in [2.24, 2.45) is 4.99 Å². The molecule has 6 nitrogen and oxygen atoms in total. The van der Waals surface area contributed by atoms with Crippen LogP contribution in [0.1, 0.15) is 48.9 Å². The van der Waals surface area contributed by atoms with Gasteiger partial charge in [0, 0.05) is 24.5 Å². The minimum atomic E-state index is -0.362. The van der Waals surface area contributed by atoms with Gasteiger partial charge in [-0.05, 0) is 62.3 Å². The predicted octanol–water partition coefficient (Wildman–Crippen LogP) is 5.53. The van der Waals surface area contributed by atoms with Gasteiger partial charge in [0.25, 0.3) is 5.91 Å². The quantitative estimate of drug-likeness (QED) is 0.604. The van der Waals surface area contributed by atoms with Crippen LogP contribution in [-0.2, 0) is 9.59 Å². The van der Waals surface area contributed by atoms with E-state index in [4.69, 9.17) is 4.99 Å². The fourth-order valence-corrected chi connectivity index (χ4v) is 5.93. The molecule has 1 fully saturated rings. The maximum absolute atomic E-state index is 13.7. The Bertz CT molecular complexity index is 1260. The van der Waals surface area contributed by atoms with Crippen LogP contribution in [0.4, 0.5) is 5.69 Å². The van der Waals surface area contributed by atoms with Crippen molar-refractivity contribution in [3.8, 4) is 0 Å². The number of aryl methyl sites for hydroxylation is 2. The minimum Gasteiger partial charge on any atom is -0.342 e. The number of allylic oxidation sites excluding steroid dienone is 1. The topological polar surface area (TPSA) is 65.0 Å². The molecule has 1 N–H and O–H groups in total. The molecule has 0 aromatic heterocycles. The maximum atomic E-state index is 13.7. The van der Waals surface area contributed by atoms with Crippen LogP contribution < -0.4 is 5.32 Å². The number of carbonyl (C=O) groups excluding carboxylic acids is 2. The van der Waals surface area contributed by atoms with E-state index in [0.717, 1.165) is 59.2 Å². The highest BCUT2D eigenvalue weighted by Gasteiger charge is 2.41. The molecule has 1 saturated heterocycles. The Labute approximate surface area is 210 Å². The van der Waals surface area contributed by atoms with Crippen LogP contribution in [-0.4, -0.2) is 39.9 Å². The molecular weight excluding hydrogens is 456 g/mol. The Kier molecular flexibility index (Phi) is 6.52. The summed E-state index contributed by atoms with van der Waals surface area (Å²) in [5.41, 5.74) is 6.22. The van der Waals surface area contributed by atoms with E-state index in [-0.39, 0.29) is 17.9 Å². The van der Waals surface area contributed by atoms with Crippen LogP contribution in [0.25, 0.3) is 0 Å². The number of hydrogen-bond acceptors (Lipinski definition) is 5. The second kappa shape index (κ2) is 9.74. The van der Waals surface area contributed by atoms with E-state index in [0.29, 0.717) is 17.7 Å². The number of rotatable bonds is 5. The average molecular weight is 487 g/mol. The number of amides is 2. The highest BCUT2D eigenvalue weighted by molar-refractivity contribution is 8.16. The molecular formula is C28H30N4O2S. The first-order chi connectivity index (χ1) is 16.9. The molecule has 35 heavy (non-hydrogen) atoms. The second-order valence-electron chi connectivity index (χ2n) is 9.34. The van der Waals surface area contributed by atoms with Gasteiger partial charge in [0.1, 0.15) is 0 Å². The summed E-state index contributed by atoms with van der Waals surface area (Å²) >= 11 is 1.53. The van der Waals surface area contributed by atoms with Crippen molar-refractivity contribution in [3.05, 3.63) is 87.6 Å². The van der Waals surface area contributed by atoms with Crippen molar-refractivity contribution >= 4 is 34.4 Å². The van der Waals surface area contributed by atoms with Gasteiger partial charge < -0.3 is 15.1 Å². The first kappa shape index (κ1) is 23.4. The zero-order valence-electron chi connectivity index (χ0n) is 20.4. The van der Waals surface area contributed by atoms with Gasteiger partial charge in [0.05, 0.1) is 23.7 Å². The Morgan fingerprint density at radius 2 is 1.80 bits per heavy atom. The Morgan fingerprint density at radius 3 is 2.54 bits per heavy atom. The van der Waals surface area contributed by atoms with Gasteiger partial charge in [-0.2, -0.15) is 0 Å². The van der Waals surface area contributed by atoms with Gasteiger partial charge in [0.2, 0.25) is 5.91 Å². The third-order valence-corrected chi connectivity index (χ3v) is 7.69. The fourth-order valence-electron chi connectivity index (χ4n) is 4.96. The van der Waals surface area contributed by atoms with Crippen LogP contribution in [0.2, 0.25) is 0 Å². The van der Waals surface area contributed by atoms with Crippen LogP contribution in [0.5, 0.6) is 0 Å². The normalized spacial score (nSPS) is 19.5. The SMILES string of the molecule is CC1=C(C(=O)Nc2ccccc2)[C@H](c2cc(C)ccc2C)N2C(CC(=O)N3CCCC3)=CSC2=N1. The molecule has 1 atom stereocenters. The first-order valence-electron chi connectivity index (χ1n) is 12.1. The number of benzene rings is 2. The number of likely N-dealkylation sites (tertiary alicyclic amines) is 1. The number of para-hydroxylation sites is 1. The maximum Gasteiger partial charge on any atom is 0.255 e. The molecule has 7 heteroatoms. The van der Waals surface area contributed by atoms with Gasteiger partial charge in [0.15, 0.2) is 5.17 Å². The van der Waals surface area contributed by atoms with Crippen molar-refractivity contribution < 1.29 is 9.59 Å². The zero-order valence-corrected chi connectivity index (χ0v) is 21.2. The molecule has 0 radical (unpaired) electrons. The van der Waals surface area contributed by atoms with E-state index in [1.807, 2.05) is 47.6 Å². The van der Waals surface area contributed by atoms with E-state index in [1.165, 1.54) is 11.8 Å². The fraction of sp³-hybridized carbons (Fsp3) is 0.321. The summed E-state index contributed by atoms with van der Waals surface area (Å²) in [6, 6.07) is 15.5. The number of carbonyl (C=O) groups is 2. The molecule has 0 aliphatic carbocycles. The summed E-state index contributed by atoms with van der Waals surface area (Å²) in [5, 5.41) is 5.90. The number of nitrogens with one attached hydrogen (secondary N) is 1. The lowest BCUT2D eigenvalue weighted by Gasteiger charge is -2.37. The van der Waals surface area contributed by atoms with E-state index < -0.39 is 0 Å². The highest BCUT2D eigenvalue weighted by Crippen LogP contribution is 2.45. The van der Waals surface area contributed by atoms with Gasteiger partial charge in [-0.3, -0.25) is 9.59 Å². The summed E-state index contributed by atoms with van der Waals surface area (Å²) in [5.74, 6) is -0.0404. The summed E-state index contributed by atoms with van der Waals surface area (Å²) < 4.78 is 0. The van der Waals surface area contributed by atoms with Gasteiger partial charge in [-0.25, -0.2) is 4.99 Å². The number of fused-ring (bicyclic) bond motifs is 1. The van der Waals surface area contributed by atoms with Gasteiger partial charge in [-0.1, -0.05) is 53.7 Å². The van der Waals surface area contributed by atoms with E-state index >= 15 is 0 Å². The molecule has 2 aromatic carbocycles. The lowest BCUT2D eigenvalue weighted by atomic mass is 9.89. The van der Waals surface area contributed by atoms with Crippen LogP contribution in [0.3, 0.4) is 0 Å². The van der Waals surface area contributed by atoms with Crippen molar-refractivity contribution in [1.82, 2.24) is 9.80 Å². The Morgan fingerprint density at radius 1 is 1.06 bits per heavy atom. The van der Waals surface area contributed by atoms with Crippen molar-refractivity contribution in [3.63, 3.8) is 0 Å². The molecule has 0 spiro atoms. The third-order valence-electron chi connectivity index (χ3n) is 6.80. The third kappa shape index (κ3) is 4.65. The Hall–Kier alpha value is -3.32. The molecule has 0 unspecified atom stereocenters. The summed E-state index contributed by atoms with van der Waals surface area (Å²) in [7, 11) is 0. The second-order valence-corrected chi connectivity index (χ2v) is 10.2. The molecule has 0 bridgehead atoms. The molecule has 3 aliphatic rings. The van der Waals surface area contributed by atoms with Crippen LogP contribution in [0, 0.1) is 13.8 Å². The smallest absolute Gasteiger partial charge is 0.255 e. The molecule has 5 rings (SSSR count). The number of amidine groups is 1. The van der Waals surface area contributed by atoms with E-state index in [9.17, 15) is 9.59 Å². The summed E-state index contributed by atoms with van der Waals surface area (Å²) in [4.78, 5) is 35.7. The van der Waals surface area contributed by atoms with Gasteiger partial charge in [-0.15, -0.1) is 0 Å². The number of nitrogens with zero attached hydrogens (tertiary/aromatic N) is 3. The lowest BCUT2D eigenvalue weighted by Crippen LogP contribution is -2.39. The summed E-state index contributed by atoms with van der Waals surface area (Å²) in [6.07, 6.45) is 2.43.